The van der Waals surface area contributed by atoms with E-state index >= 15 is 0 Å². The smallest absolute Gasteiger partial charge is 0.341 e. The zero-order valence-electron chi connectivity index (χ0n) is 11.8. The summed E-state index contributed by atoms with van der Waals surface area (Å²) in [6, 6.07) is 11.3. The molecule has 1 heterocycles. The lowest BCUT2D eigenvalue weighted by Gasteiger charge is -2.13. The molecule has 0 aliphatic carbocycles. The molecule has 0 aliphatic rings. The van der Waals surface area contributed by atoms with Crippen molar-refractivity contribution in [3.8, 4) is 0 Å². The Morgan fingerprint density at radius 3 is 2.65 bits per heavy atom. The van der Waals surface area contributed by atoms with Gasteiger partial charge in [0.1, 0.15) is 11.4 Å². The molecule has 2 aromatic carbocycles. The predicted octanol–water partition coefficient (Wildman–Crippen LogP) is 3.65. The molecule has 0 aliphatic heterocycles. The zero-order valence-corrected chi connectivity index (χ0v) is 13.4. The second-order valence-electron chi connectivity index (χ2n) is 5.06. The summed E-state index contributed by atoms with van der Waals surface area (Å²) in [6.07, 6.45) is 1.26. The van der Waals surface area contributed by atoms with Gasteiger partial charge in [0.2, 0.25) is 5.43 Å². The van der Waals surface area contributed by atoms with Crippen LogP contribution in [0.15, 0.2) is 57.9 Å². The van der Waals surface area contributed by atoms with Crippen molar-refractivity contribution in [3.05, 3.63) is 80.3 Å². The molecule has 3 aromatic rings. The van der Waals surface area contributed by atoms with Gasteiger partial charge in [-0.3, -0.25) is 4.79 Å². The molecular weight excluding hydrogens is 365 g/mol. The molecule has 0 unspecified atom stereocenters. The highest BCUT2D eigenvalue weighted by Gasteiger charge is 2.15. The molecule has 0 saturated carbocycles. The van der Waals surface area contributed by atoms with Crippen molar-refractivity contribution in [2.45, 2.75) is 6.54 Å². The van der Waals surface area contributed by atoms with Gasteiger partial charge in [0.15, 0.2) is 0 Å². The molecule has 0 amide bonds. The van der Waals surface area contributed by atoms with Crippen LogP contribution in [0.1, 0.15) is 15.9 Å². The number of carbonyl (C=O) groups is 1. The molecule has 0 fully saturated rings. The molecule has 0 spiro atoms. The van der Waals surface area contributed by atoms with E-state index in [0.717, 1.165) is 0 Å². The first-order chi connectivity index (χ1) is 11.0. The Bertz CT molecular complexity index is 981. The van der Waals surface area contributed by atoms with Gasteiger partial charge >= 0.3 is 5.97 Å². The lowest BCUT2D eigenvalue weighted by atomic mass is 10.1. The molecule has 1 aromatic heterocycles. The Kier molecular flexibility index (Phi) is 4.00. The summed E-state index contributed by atoms with van der Waals surface area (Å²) in [5.74, 6) is -1.69. The van der Waals surface area contributed by atoms with Crippen molar-refractivity contribution in [2.24, 2.45) is 0 Å². The third-order valence-electron chi connectivity index (χ3n) is 3.57. The van der Waals surface area contributed by atoms with Gasteiger partial charge in [-0.25, -0.2) is 9.18 Å². The average Bonchev–Trinajstić information content (AvgIpc) is 2.52. The van der Waals surface area contributed by atoms with Crippen molar-refractivity contribution in [1.29, 1.82) is 0 Å². The number of fused-ring (bicyclic) bond motifs is 1. The number of hydrogen-bond donors (Lipinski definition) is 1. The maximum Gasteiger partial charge on any atom is 0.341 e. The fourth-order valence-corrected chi connectivity index (χ4v) is 2.82. The number of aromatic nitrogens is 1. The number of carboxylic acid groups (broad SMARTS) is 1. The Hall–Kier alpha value is -2.47. The summed E-state index contributed by atoms with van der Waals surface area (Å²) in [4.78, 5) is 23.6. The largest absolute Gasteiger partial charge is 0.477 e. The minimum Gasteiger partial charge on any atom is -0.477 e. The van der Waals surface area contributed by atoms with E-state index in [-0.39, 0.29) is 23.3 Å². The molecule has 116 valence electrons. The van der Waals surface area contributed by atoms with Gasteiger partial charge in [0, 0.05) is 21.6 Å². The molecule has 23 heavy (non-hydrogen) atoms. The highest BCUT2D eigenvalue weighted by atomic mass is 79.9. The number of carboxylic acids is 1. The number of halogens is 2. The van der Waals surface area contributed by atoms with Gasteiger partial charge in [-0.1, -0.05) is 34.1 Å². The van der Waals surface area contributed by atoms with Crippen LogP contribution in [0.2, 0.25) is 0 Å². The summed E-state index contributed by atoms with van der Waals surface area (Å²) in [5, 5.41) is 9.51. The van der Waals surface area contributed by atoms with Crippen LogP contribution < -0.4 is 5.43 Å². The van der Waals surface area contributed by atoms with Crippen molar-refractivity contribution in [2.75, 3.05) is 0 Å². The van der Waals surface area contributed by atoms with E-state index in [4.69, 9.17) is 0 Å². The van der Waals surface area contributed by atoms with Crippen LogP contribution in [0, 0.1) is 5.82 Å². The van der Waals surface area contributed by atoms with Gasteiger partial charge in [0.25, 0.3) is 0 Å². The minimum atomic E-state index is -1.31. The van der Waals surface area contributed by atoms with Gasteiger partial charge in [-0.2, -0.15) is 0 Å². The number of pyridine rings is 1. The average molecular weight is 376 g/mol. The summed E-state index contributed by atoms with van der Waals surface area (Å²) < 4.78 is 16.1. The van der Waals surface area contributed by atoms with E-state index in [1.54, 1.807) is 41.0 Å². The van der Waals surface area contributed by atoms with E-state index < -0.39 is 11.4 Å². The lowest BCUT2D eigenvalue weighted by molar-refractivity contribution is 0.0695. The molecule has 0 bridgehead atoms. The van der Waals surface area contributed by atoms with Crippen LogP contribution in [0.4, 0.5) is 4.39 Å². The van der Waals surface area contributed by atoms with Gasteiger partial charge in [-0.05, 0) is 24.3 Å². The highest BCUT2D eigenvalue weighted by Crippen LogP contribution is 2.20. The molecule has 3 rings (SSSR count). The molecular formula is C17H11BrFNO3. The first-order valence-corrected chi connectivity index (χ1v) is 7.56. The van der Waals surface area contributed by atoms with Crippen LogP contribution in [-0.2, 0) is 6.54 Å². The van der Waals surface area contributed by atoms with Crippen LogP contribution in [0.25, 0.3) is 10.9 Å². The molecule has 6 heteroatoms. The number of nitrogens with zero attached hydrogens (tertiary/aromatic N) is 1. The lowest BCUT2D eigenvalue weighted by Crippen LogP contribution is -2.19. The van der Waals surface area contributed by atoms with Crippen molar-refractivity contribution in [3.63, 3.8) is 0 Å². The van der Waals surface area contributed by atoms with E-state index in [9.17, 15) is 19.1 Å². The van der Waals surface area contributed by atoms with E-state index in [0.29, 0.717) is 15.6 Å². The Morgan fingerprint density at radius 2 is 1.96 bits per heavy atom. The quantitative estimate of drug-likeness (QED) is 0.759. The van der Waals surface area contributed by atoms with Crippen LogP contribution in [0.5, 0.6) is 0 Å². The van der Waals surface area contributed by atoms with Crippen molar-refractivity contribution < 1.29 is 14.3 Å². The van der Waals surface area contributed by atoms with Gasteiger partial charge < -0.3 is 9.67 Å². The van der Waals surface area contributed by atoms with Gasteiger partial charge in [0.05, 0.1) is 12.1 Å². The van der Waals surface area contributed by atoms with Crippen LogP contribution in [-0.4, -0.2) is 15.6 Å². The molecule has 0 saturated heterocycles. The first-order valence-electron chi connectivity index (χ1n) is 6.77. The van der Waals surface area contributed by atoms with E-state index in [1.165, 1.54) is 12.3 Å². The molecule has 0 atom stereocenters. The Balaban J connectivity index is 2.27. The number of aromatic carboxylic acids is 1. The highest BCUT2D eigenvalue weighted by molar-refractivity contribution is 9.10. The second kappa shape index (κ2) is 5.96. The summed E-state index contributed by atoms with van der Waals surface area (Å²) in [6.45, 7) is 0.130. The molecule has 0 radical (unpaired) electrons. The number of rotatable bonds is 3. The maximum absolute atomic E-state index is 13.9. The number of benzene rings is 2. The van der Waals surface area contributed by atoms with Gasteiger partial charge in [-0.15, -0.1) is 0 Å². The summed E-state index contributed by atoms with van der Waals surface area (Å²) in [7, 11) is 0. The van der Waals surface area contributed by atoms with E-state index in [1.807, 2.05) is 0 Å². The molecule has 4 nitrogen and oxygen atoms in total. The van der Waals surface area contributed by atoms with Crippen LogP contribution >= 0.6 is 15.9 Å². The molecule has 1 N–H and O–H groups in total. The Labute approximate surface area is 138 Å². The SMILES string of the molecule is O=C(O)c1cn(Cc2ccccc2F)c2ccc(Br)cc2c1=O. The Morgan fingerprint density at radius 1 is 1.22 bits per heavy atom. The fraction of sp³-hybridized carbons (Fsp3) is 0.0588. The normalized spacial score (nSPS) is 10.9. The minimum absolute atomic E-state index is 0.130. The standard InChI is InChI=1S/C17H11BrFNO3/c18-11-5-6-15-12(7-11)16(21)13(17(22)23)9-20(15)8-10-3-1-2-4-14(10)19/h1-7,9H,8H2,(H,22,23). The predicted molar refractivity (Wildman–Crippen MR) is 88.4 cm³/mol. The van der Waals surface area contributed by atoms with Crippen molar-refractivity contribution in [1.82, 2.24) is 4.57 Å². The van der Waals surface area contributed by atoms with Crippen molar-refractivity contribution >= 4 is 32.8 Å². The first kappa shape index (κ1) is 15.4. The van der Waals surface area contributed by atoms with Crippen LogP contribution in [0.3, 0.4) is 0 Å². The van der Waals surface area contributed by atoms with E-state index in [2.05, 4.69) is 15.9 Å². The zero-order chi connectivity index (χ0) is 16.6. The second-order valence-corrected chi connectivity index (χ2v) is 5.97. The fourth-order valence-electron chi connectivity index (χ4n) is 2.46. The summed E-state index contributed by atoms with van der Waals surface area (Å²) in [5.41, 5.74) is 0.0636. The third kappa shape index (κ3) is 2.90. The monoisotopic (exact) mass is 375 g/mol. The number of hydrogen-bond acceptors (Lipinski definition) is 2. The third-order valence-corrected chi connectivity index (χ3v) is 4.06. The summed E-state index contributed by atoms with van der Waals surface area (Å²) >= 11 is 3.28. The topological polar surface area (TPSA) is 59.3 Å². The maximum atomic E-state index is 13.9.